The fraction of sp³-hybridized carbons (Fsp3) is 0.125. The van der Waals surface area contributed by atoms with Crippen molar-refractivity contribution in [2.24, 2.45) is 0 Å². The molecule has 4 aromatic rings. The van der Waals surface area contributed by atoms with Crippen LogP contribution in [0.15, 0.2) is 109 Å². The number of hydrogen-bond acceptors (Lipinski definition) is 6. The van der Waals surface area contributed by atoms with Crippen LogP contribution < -0.4 is 14.2 Å². The van der Waals surface area contributed by atoms with Crippen molar-refractivity contribution in [1.29, 1.82) is 0 Å². The number of likely N-dealkylation sites (tertiary alicyclic amines) is 1. The average molecular weight is 520 g/mol. The zero-order valence-electron chi connectivity index (χ0n) is 20.9. The maximum Gasteiger partial charge on any atom is 0.295 e. The minimum atomic E-state index is -0.835. The molecule has 6 rings (SSSR count). The van der Waals surface area contributed by atoms with Crippen LogP contribution in [0.1, 0.15) is 22.7 Å². The molecule has 39 heavy (non-hydrogen) atoms. The lowest BCUT2D eigenvalue weighted by molar-refractivity contribution is -0.140. The summed E-state index contributed by atoms with van der Waals surface area (Å²) in [4.78, 5) is 28.4. The molecule has 7 nitrogen and oxygen atoms in total. The number of ether oxygens (including phenoxy) is 3. The lowest BCUT2D eigenvalue weighted by atomic mass is 9.94. The van der Waals surface area contributed by atoms with E-state index >= 15 is 0 Å². The van der Waals surface area contributed by atoms with Crippen LogP contribution in [0.3, 0.4) is 0 Å². The lowest BCUT2D eigenvalue weighted by Gasteiger charge is -2.26. The van der Waals surface area contributed by atoms with E-state index in [1.807, 2.05) is 66.7 Å². The number of carbonyl (C=O) groups is 2. The first-order chi connectivity index (χ1) is 19.1. The van der Waals surface area contributed by atoms with Crippen LogP contribution in [0.5, 0.6) is 23.0 Å². The monoisotopic (exact) mass is 519 g/mol. The first-order valence-corrected chi connectivity index (χ1v) is 12.6. The van der Waals surface area contributed by atoms with Gasteiger partial charge in [0.2, 0.25) is 0 Å². The molecular weight excluding hydrogens is 494 g/mol. The molecule has 2 aliphatic rings. The summed E-state index contributed by atoms with van der Waals surface area (Å²) in [6.45, 7) is 1.01. The fourth-order valence-electron chi connectivity index (χ4n) is 4.89. The molecule has 0 bridgehead atoms. The molecular formula is C32H25NO6. The summed E-state index contributed by atoms with van der Waals surface area (Å²) in [7, 11) is 0. The van der Waals surface area contributed by atoms with E-state index in [1.165, 1.54) is 4.90 Å². The highest BCUT2D eigenvalue weighted by atomic mass is 16.6. The largest absolute Gasteiger partial charge is 0.507 e. The Bertz CT molecular complexity index is 1560. The van der Waals surface area contributed by atoms with Crippen molar-refractivity contribution in [2.75, 3.05) is 13.2 Å². The summed E-state index contributed by atoms with van der Waals surface area (Å²) in [5, 5.41) is 11.5. The number of benzene rings is 4. The Balaban J connectivity index is 1.45. The van der Waals surface area contributed by atoms with E-state index in [9.17, 15) is 14.7 Å². The molecule has 7 heteroatoms. The predicted octanol–water partition coefficient (Wildman–Crippen LogP) is 5.87. The zero-order chi connectivity index (χ0) is 26.8. The molecule has 0 radical (unpaired) electrons. The second-order valence-corrected chi connectivity index (χ2v) is 9.26. The highest BCUT2D eigenvalue weighted by Gasteiger charge is 2.46. The van der Waals surface area contributed by atoms with Gasteiger partial charge in [0, 0.05) is 12.1 Å². The number of fused-ring (bicyclic) bond motifs is 1. The highest BCUT2D eigenvalue weighted by Crippen LogP contribution is 2.42. The van der Waals surface area contributed by atoms with Crippen LogP contribution in [-0.2, 0) is 16.1 Å². The van der Waals surface area contributed by atoms with Crippen LogP contribution in [-0.4, -0.2) is 34.9 Å². The zero-order valence-corrected chi connectivity index (χ0v) is 20.9. The Hall–Kier alpha value is -5.04. The summed E-state index contributed by atoms with van der Waals surface area (Å²) < 4.78 is 17.3. The fourth-order valence-corrected chi connectivity index (χ4v) is 4.89. The number of para-hydroxylation sites is 1. The SMILES string of the molecule is O=C1C(=O)N(Cc2ccccc2)[C@H](c2cccc(Oc3ccccc3)c2)/C1=C(\O)c1ccc2c(c1)OCCO2. The van der Waals surface area contributed by atoms with Gasteiger partial charge in [0.25, 0.3) is 11.7 Å². The van der Waals surface area contributed by atoms with Crippen molar-refractivity contribution >= 4 is 17.4 Å². The van der Waals surface area contributed by atoms with E-state index in [0.29, 0.717) is 47.3 Å². The van der Waals surface area contributed by atoms with Crippen LogP contribution in [0.2, 0.25) is 0 Å². The maximum absolute atomic E-state index is 13.5. The van der Waals surface area contributed by atoms with Gasteiger partial charge in [0.1, 0.15) is 30.5 Å². The van der Waals surface area contributed by atoms with Gasteiger partial charge in [-0.1, -0.05) is 60.7 Å². The topological polar surface area (TPSA) is 85.3 Å². The minimum Gasteiger partial charge on any atom is -0.507 e. The van der Waals surface area contributed by atoms with E-state index in [-0.39, 0.29) is 17.9 Å². The highest BCUT2D eigenvalue weighted by molar-refractivity contribution is 6.46. The number of nitrogens with zero attached hydrogens (tertiary/aromatic N) is 1. The van der Waals surface area contributed by atoms with Gasteiger partial charge in [-0.15, -0.1) is 0 Å². The van der Waals surface area contributed by atoms with Gasteiger partial charge in [-0.3, -0.25) is 9.59 Å². The molecule has 1 amide bonds. The third-order valence-electron chi connectivity index (χ3n) is 6.70. The molecule has 0 unspecified atom stereocenters. The molecule has 1 fully saturated rings. The lowest BCUT2D eigenvalue weighted by Crippen LogP contribution is -2.29. The van der Waals surface area contributed by atoms with E-state index in [2.05, 4.69) is 0 Å². The normalized spacial score (nSPS) is 17.7. The van der Waals surface area contributed by atoms with Crippen LogP contribution in [0.4, 0.5) is 0 Å². The number of amides is 1. The molecule has 1 atom stereocenters. The Labute approximate surface area is 225 Å². The second-order valence-electron chi connectivity index (χ2n) is 9.26. The quantitative estimate of drug-likeness (QED) is 0.195. The van der Waals surface area contributed by atoms with Gasteiger partial charge in [-0.25, -0.2) is 0 Å². The van der Waals surface area contributed by atoms with Gasteiger partial charge >= 0.3 is 0 Å². The Morgan fingerprint density at radius 2 is 1.49 bits per heavy atom. The van der Waals surface area contributed by atoms with Gasteiger partial charge < -0.3 is 24.2 Å². The standard InChI is InChI=1S/C32H25NO6/c34-30(23-14-15-26-27(19-23)38-17-16-37-26)28-29(33(32(36)31(28)35)20-21-8-3-1-4-9-21)22-10-7-13-25(18-22)39-24-11-5-2-6-12-24/h1-15,18-19,29,34H,16-17,20H2/b30-28+/t29-/m1/s1. The summed E-state index contributed by atoms with van der Waals surface area (Å²) in [5.41, 5.74) is 1.86. The molecule has 2 heterocycles. The van der Waals surface area contributed by atoms with Crippen LogP contribution in [0, 0.1) is 0 Å². The number of aliphatic hydroxyl groups excluding tert-OH is 1. The maximum atomic E-state index is 13.5. The number of Topliss-reactive ketones (excluding diaryl/α,β-unsaturated/α-hetero) is 1. The van der Waals surface area contributed by atoms with E-state index in [4.69, 9.17) is 14.2 Å². The van der Waals surface area contributed by atoms with Crippen LogP contribution in [0.25, 0.3) is 5.76 Å². The third-order valence-corrected chi connectivity index (χ3v) is 6.70. The Morgan fingerprint density at radius 3 is 2.26 bits per heavy atom. The smallest absolute Gasteiger partial charge is 0.295 e. The summed E-state index contributed by atoms with van der Waals surface area (Å²) in [6.07, 6.45) is 0. The van der Waals surface area contributed by atoms with Crippen molar-refractivity contribution in [3.63, 3.8) is 0 Å². The third kappa shape index (κ3) is 4.82. The van der Waals surface area contributed by atoms with Gasteiger partial charge in [0.15, 0.2) is 11.5 Å². The number of ketones is 1. The van der Waals surface area contributed by atoms with Gasteiger partial charge in [0.05, 0.1) is 11.6 Å². The Kier molecular flexibility index (Phi) is 6.47. The van der Waals surface area contributed by atoms with Gasteiger partial charge in [-0.05, 0) is 53.6 Å². The first kappa shape index (κ1) is 24.3. The second kappa shape index (κ2) is 10.4. The molecule has 4 aromatic carbocycles. The first-order valence-electron chi connectivity index (χ1n) is 12.6. The minimum absolute atomic E-state index is 0.00414. The predicted molar refractivity (Wildman–Crippen MR) is 145 cm³/mol. The van der Waals surface area contributed by atoms with E-state index in [1.54, 1.807) is 36.4 Å². The molecule has 2 aliphatic heterocycles. The number of rotatable bonds is 6. The average Bonchev–Trinajstić information content (AvgIpc) is 3.22. The van der Waals surface area contributed by atoms with E-state index < -0.39 is 17.7 Å². The molecule has 0 spiro atoms. The molecule has 0 aromatic heterocycles. The molecule has 0 saturated carbocycles. The van der Waals surface area contributed by atoms with Crippen molar-refractivity contribution in [3.8, 4) is 23.0 Å². The number of aliphatic hydroxyl groups is 1. The van der Waals surface area contributed by atoms with E-state index in [0.717, 1.165) is 5.56 Å². The number of hydrogen-bond donors (Lipinski definition) is 1. The number of carbonyl (C=O) groups excluding carboxylic acids is 2. The molecule has 1 saturated heterocycles. The molecule has 0 aliphatic carbocycles. The van der Waals surface area contributed by atoms with Crippen LogP contribution >= 0.6 is 0 Å². The van der Waals surface area contributed by atoms with Crippen molar-refractivity contribution in [1.82, 2.24) is 4.90 Å². The van der Waals surface area contributed by atoms with Crippen molar-refractivity contribution in [3.05, 3.63) is 125 Å². The summed E-state index contributed by atoms with van der Waals surface area (Å²) in [6, 6.07) is 30.1. The summed E-state index contributed by atoms with van der Waals surface area (Å²) >= 11 is 0. The molecule has 194 valence electrons. The van der Waals surface area contributed by atoms with Gasteiger partial charge in [-0.2, -0.15) is 0 Å². The van der Waals surface area contributed by atoms with Crippen molar-refractivity contribution < 1.29 is 28.9 Å². The Morgan fingerprint density at radius 1 is 0.795 bits per heavy atom. The summed E-state index contributed by atoms with van der Waals surface area (Å²) in [5.74, 6) is 0.520. The van der Waals surface area contributed by atoms with Crippen molar-refractivity contribution in [2.45, 2.75) is 12.6 Å². The molecule has 1 N–H and O–H groups in total.